The molecule has 4 nitrogen and oxygen atoms in total. The molecule has 1 heterocycles. The largest absolute Gasteiger partial charge is 0.394 e. The van der Waals surface area contributed by atoms with Crippen LogP contribution in [0, 0.1) is 0 Å². The van der Waals surface area contributed by atoms with Gasteiger partial charge >= 0.3 is 0 Å². The van der Waals surface area contributed by atoms with Crippen LogP contribution in [0.25, 0.3) is 0 Å². The number of ether oxygens (including phenoxy) is 1. The van der Waals surface area contributed by atoms with Crippen molar-refractivity contribution in [3.05, 3.63) is 0 Å². The van der Waals surface area contributed by atoms with Crippen LogP contribution in [0.3, 0.4) is 0 Å². The quantitative estimate of drug-likeness (QED) is 0.527. The third-order valence-corrected chi connectivity index (χ3v) is 2.51. The number of aliphatic hydroxyl groups is 2. The molecule has 1 rings (SSSR count). The highest BCUT2D eigenvalue weighted by atomic mass is 16.5. The Balaban J connectivity index is 1.92. The summed E-state index contributed by atoms with van der Waals surface area (Å²) in [5, 5.41) is 20.7. The Morgan fingerprint density at radius 3 is 2.93 bits per heavy atom. The van der Waals surface area contributed by atoms with E-state index in [4.69, 9.17) is 14.9 Å². The van der Waals surface area contributed by atoms with Crippen molar-refractivity contribution in [3.63, 3.8) is 0 Å². The van der Waals surface area contributed by atoms with Gasteiger partial charge < -0.3 is 20.3 Å². The van der Waals surface area contributed by atoms with E-state index < -0.39 is 6.10 Å². The molecular formula is C10H21NO3. The first kappa shape index (κ1) is 11.9. The van der Waals surface area contributed by atoms with Gasteiger partial charge in [0.1, 0.15) is 0 Å². The summed E-state index contributed by atoms with van der Waals surface area (Å²) in [7, 11) is 0. The summed E-state index contributed by atoms with van der Waals surface area (Å²) in [6, 6.07) is 0. The van der Waals surface area contributed by atoms with Crippen LogP contribution in [0.1, 0.15) is 25.7 Å². The van der Waals surface area contributed by atoms with E-state index in [9.17, 15) is 0 Å². The van der Waals surface area contributed by atoms with Gasteiger partial charge in [-0.3, -0.25) is 0 Å². The summed E-state index contributed by atoms with van der Waals surface area (Å²) in [6.07, 6.45) is 4.37. The van der Waals surface area contributed by atoms with Gasteiger partial charge in [-0.15, -0.1) is 0 Å². The SMILES string of the molecule is OC[C@@H](O)CNCCC1CCCCO1. The highest BCUT2D eigenvalue weighted by Crippen LogP contribution is 2.14. The van der Waals surface area contributed by atoms with Crippen molar-refractivity contribution in [2.45, 2.75) is 37.9 Å². The van der Waals surface area contributed by atoms with Crippen LogP contribution >= 0.6 is 0 Å². The average Bonchev–Trinajstić information content (AvgIpc) is 2.25. The van der Waals surface area contributed by atoms with Crippen molar-refractivity contribution in [2.75, 3.05) is 26.3 Å². The fourth-order valence-corrected chi connectivity index (χ4v) is 1.63. The maximum Gasteiger partial charge on any atom is 0.0894 e. The van der Waals surface area contributed by atoms with Crippen molar-refractivity contribution >= 4 is 0 Å². The van der Waals surface area contributed by atoms with Gasteiger partial charge in [-0.05, 0) is 32.2 Å². The summed E-state index contributed by atoms with van der Waals surface area (Å²) in [4.78, 5) is 0. The fraction of sp³-hybridized carbons (Fsp3) is 1.00. The van der Waals surface area contributed by atoms with E-state index >= 15 is 0 Å². The van der Waals surface area contributed by atoms with E-state index in [0.29, 0.717) is 12.6 Å². The number of aliphatic hydroxyl groups excluding tert-OH is 2. The Morgan fingerprint density at radius 1 is 1.43 bits per heavy atom. The summed E-state index contributed by atoms with van der Waals surface area (Å²) < 4.78 is 5.56. The van der Waals surface area contributed by atoms with Gasteiger partial charge in [-0.1, -0.05) is 0 Å². The molecule has 1 aliphatic rings. The lowest BCUT2D eigenvalue weighted by molar-refractivity contribution is 0.0108. The van der Waals surface area contributed by atoms with E-state index in [-0.39, 0.29) is 6.61 Å². The minimum absolute atomic E-state index is 0.174. The van der Waals surface area contributed by atoms with Crippen molar-refractivity contribution in [1.29, 1.82) is 0 Å². The van der Waals surface area contributed by atoms with Gasteiger partial charge in [0.2, 0.25) is 0 Å². The number of nitrogens with one attached hydrogen (secondary N) is 1. The van der Waals surface area contributed by atoms with E-state index in [1.807, 2.05) is 0 Å². The zero-order valence-corrected chi connectivity index (χ0v) is 8.61. The second-order valence-electron chi connectivity index (χ2n) is 3.82. The van der Waals surface area contributed by atoms with E-state index in [2.05, 4.69) is 5.32 Å². The number of hydrogen-bond acceptors (Lipinski definition) is 4. The molecule has 84 valence electrons. The first-order chi connectivity index (χ1) is 6.83. The molecule has 4 heteroatoms. The zero-order chi connectivity index (χ0) is 10.2. The fourth-order valence-electron chi connectivity index (χ4n) is 1.63. The minimum Gasteiger partial charge on any atom is -0.394 e. The molecule has 0 radical (unpaired) electrons. The van der Waals surface area contributed by atoms with Crippen LogP contribution in [0.4, 0.5) is 0 Å². The van der Waals surface area contributed by atoms with Gasteiger partial charge in [0.15, 0.2) is 0 Å². The molecule has 0 aromatic heterocycles. The molecule has 3 N–H and O–H groups in total. The maximum absolute atomic E-state index is 9.05. The molecule has 1 fully saturated rings. The molecule has 1 saturated heterocycles. The Kier molecular flexibility index (Phi) is 6.10. The van der Waals surface area contributed by atoms with Crippen LogP contribution in [-0.4, -0.2) is 48.7 Å². The predicted octanol–water partition coefficient (Wildman–Crippen LogP) is -0.112. The third-order valence-electron chi connectivity index (χ3n) is 2.51. The summed E-state index contributed by atoms with van der Waals surface area (Å²) in [5.74, 6) is 0. The predicted molar refractivity (Wildman–Crippen MR) is 54.2 cm³/mol. The molecule has 0 bridgehead atoms. The molecule has 0 aliphatic carbocycles. The molecule has 1 aliphatic heterocycles. The molecule has 0 amide bonds. The lowest BCUT2D eigenvalue weighted by atomic mass is 10.1. The van der Waals surface area contributed by atoms with Gasteiger partial charge in [0, 0.05) is 13.2 Å². The zero-order valence-electron chi connectivity index (χ0n) is 8.61. The second-order valence-corrected chi connectivity index (χ2v) is 3.82. The van der Waals surface area contributed by atoms with Gasteiger partial charge in [-0.2, -0.15) is 0 Å². The highest BCUT2D eigenvalue weighted by Gasteiger charge is 2.12. The van der Waals surface area contributed by atoms with E-state index in [1.54, 1.807) is 0 Å². The molecule has 0 aromatic carbocycles. The average molecular weight is 203 g/mol. The van der Waals surface area contributed by atoms with Crippen LogP contribution in [0.2, 0.25) is 0 Å². The van der Waals surface area contributed by atoms with Gasteiger partial charge in [-0.25, -0.2) is 0 Å². The van der Waals surface area contributed by atoms with Crippen LogP contribution in [-0.2, 0) is 4.74 Å². The number of rotatable bonds is 6. The third kappa shape index (κ3) is 4.91. The molecule has 0 saturated carbocycles. The Morgan fingerprint density at radius 2 is 2.29 bits per heavy atom. The first-order valence-corrected chi connectivity index (χ1v) is 5.44. The molecule has 1 unspecified atom stereocenters. The normalized spacial score (nSPS) is 24.9. The highest BCUT2D eigenvalue weighted by molar-refractivity contribution is 4.66. The Labute approximate surface area is 85.3 Å². The minimum atomic E-state index is -0.637. The van der Waals surface area contributed by atoms with Crippen LogP contribution < -0.4 is 5.32 Å². The molecule has 0 aromatic rings. The maximum atomic E-state index is 9.05. The van der Waals surface area contributed by atoms with Crippen LogP contribution in [0.15, 0.2) is 0 Å². The van der Waals surface area contributed by atoms with E-state index in [1.165, 1.54) is 12.8 Å². The van der Waals surface area contributed by atoms with Crippen molar-refractivity contribution in [3.8, 4) is 0 Å². The van der Waals surface area contributed by atoms with Crippen molar-refractivity contribution in [1.82, 2.24) is 5.32 Å². The Bertz CT molecular complexity index is 137. The van der Waals surface area contributed by atoms with Crippen molar-refractivity contribution < 1.29 is 14.9 Å². The van der Waals surface area contributed by atoms with Crippen LogP contribution in [0.5, 0.6) is 0 Å². The standard InChI is InChI=1S/C10H21NO3/c12-8-9(13)7-11-5-4-10-3-1-2-6-14-10/h9-13H,1-8H2/t9-,10?/m0/s1. The number of hydrogen-bond donors (Lipinski definition) is 3. The van der Waals surface area contributed by atoms with E-state index in [0.717, 1.165) is 26.0 Å². The smallest absolute Gasteiger partial charge is 0.0894 e. The molecule has 2 atom stereocenters. The monoisotopic (exact) mass is 203 g/mol. The van der Waals surface area contributed by atoms with Gasteiger partial charge in [0.05, 0.1) is 18.8 Å². The lowest BCUT2D eigenvalue weighted by Crippen LogP contribution is -2.32. The molecule has 14 heavy (non-hydrogen) atoms. The summed E-state index contributed by atoms with van der Waals surface area (Å²) in [6.45, 7) is 2.03. The summed E-state index contributed by atoms with van der Waals surface area (Å²) >= 11 is 0. The van der Waals surface area contributed by atoms with Gasteiger partial charge in [0.25, 0.3) is 0 Å². The topological polar surface area (TPSA) is 61.7 Å². The van der Waals surface area contributed by atoms with Crippen molar-refractivity contribution in [2.24, 2.45) is 0 Å². The molecule has 0 spiro atoms. The lowest BCUT2D eigenvalue weighted by Gasteiger charge is -2.22. The Hall–Kier alpha value is -0.160. The molecular weight excluding hydrogens is 182 g/mol. The first-order valence-electron chi connectivity index (χ1n) is 5.44. The second kappa shape index (κ2) is 7.17. The summed E-state index contributed by atoms with van der Waals surface area (Å²) in [5.41, 5.74) is 0.